The van der Waals surface area contributed by atoms with Crippen LogP contribution in [0.3, 0.4) is 0 Å². The second-order valence-corrected chi connectivity index (χ2v) is 6.43. The summed E-state index contributed by atoms with van der Waals surface area (Å²) in [5.74, 6) is 0.828. The summed E-state index contributed by atoms with van der Waals surface area (Å²) in [6.45, 7) is 6.46. The van der Waals surface area contributed by atoms with Crippen LogP contribution in [0.2, 0.25) is 0 Å². The number of rotatable bonds is 9. The van der Waals surface area contributed by atoms with Gasteiger partial charge in [-0.1, -0.05) is 40.0 Å². The Morgan fingerprint density at radius 1 is 0.667 bits per heavy atom. The smallest absolute Gasteiger partial charge is 0.126 e. The molecular formula is C18H31O2P. The van der Waals surface area contributed by atoms with E-state index in [9.17, 15) is 10.2 Å². The zero-order valence-electron chi connectivity index (χ0n) is 13.8. The van der Waals surface area contributed by atoms with Crippen molar-refractivity contribution in [3.63, 3.8) is 0 Å². The van der Waals surface area contributed by atoms with Crippen LogP contribution >= 0.6 is 9.24 Å². The summed E-state index contributed by atoms with van der Waals surface area (Å²) in [5.41, 5.74) is 2.87. The van der Waals surface area contributed by atoms with Crippen LogP contribution in [0.4, 0.5) is 0 Å². The van der Waals surface area contributed by atoms with Gasteiger partial charge in [-0.2, -0.15) is 0 Å². The number of phenols is 2. The molecule has 0 saturated heterocycles. The maximum absolute atomic E-state index is 10.7. The Kier molecular flexibility index (Phi) is 8.11. The van der Waals surface area contributed by atoms with Crippen LogP contribution in [-0.2, 0) is 19.3 Å². The van der Waals surface area contributed by atoms with E-state index < -0.39 is 0 Å². The summed E-state index contributed by atoms with van der Waals surface area (Å²) in [5, 5.41) is 22.1. The highest BCUT2D eigenvalue weighted by atomic mass is 31.0. The van der Waals surface area contributed by atoms with Gasteiger partial charge in [0.1, 0.15) is 11.5 Å². The number of hydrogen-bond donors (Lipinski definition) is 2. The molecule has 0 bridgehead atoms. The number of unbranched alkanes of at least 4 members (excludes halogenated alkanes) is 3. The van der Waals surface area contributed by atoms with E-state index in [-0.39, 0.29) is 0 Å². The summed E-state index contributed by atoms with van der Waals surface area (Å²) < 4.78 is 0. The lowest BCUT2D eigenvalue weighted by Gasteiger charge is -2.20. The van der Waals surface area contributed by atoms with E-state index >= 15 is 0 Å². The van der Waals surface area contributed by atoms with Crippen molar-refractivity contribution in [2.45, 2.75) is 78.6 Å². The van der Waals surface area contributed by atoms with E-state index in [1.165, 1.54) is 0 Å². The lowest BCUT2D eigenvalue weighted by molar-refractivity contribution is 0.443. The average molecular weight is 310 g/mol. The van der Waals surface area contributed by atoms with Gasteiger partial charge in [-0.3, -0.25) is 0 Å². The third-order valence-corrected chi connectivity index (χ3v) is 4.76. The average Bonchev–Trinajstić information content (AvgIpc) is 2.48. The van der Waals surface area contributed by atoms with Gasteiger partial charge >= 0.3 is 0 Å². The Bertz CT molecular complexity index is 455. The highest BCUT2D eigenvalue weighted by molar-refractivity contribution is 7.28. The Morgan fingerprint density at radius 3 is 1.48 bits per heavy atom. The van der Waals surface area contributed by atoms with E-state index in [2.05, 4.69) is 30.0 Å². The van der Waals surface area contributed by atoms with Crippen molar-refractivity contribution in [1.82, 2.24) is 0 Å². The fourth-order valence-electron chi connectivity index (χ4n) is 2.75. The van der Waals surface area contributed by atoms with Crippen molar-refractivity contribution >= 4 is 14.5 Å². The maximum atomic E-state index is 10.7. The van der Waals surface area contributed by atoms with Crippen molar-refractivity contribution < 1.29 is 10.2 Å². The largest absolute Gasteiger partial charge is 0.507 e. The van der Waals surface area contributed by atoms with Gasteiger partial charge in [0.2, 0.25) is 0 Å². The minimum Gasteiger partial charge on any atom is -0.507 e. The van der Waals surface area contributed by atoms with E-state index in [0.717, 1.165) is 79.8 Å². The van der Waals surface area contributed by atoms with E-state index in [0.29, 0.717) is 11.5 Å². The normalized spacial score (nSPS) is 11.0. The van der Waals surface area contributed by atoms with E-state index in [1.54, 1.807) is 0 Å². The molecule has 2 N–H and O–H groups in total. The Labute approximate surface area is 132 Å². The van der Waals surface area contributed by atoms with Gasteiger partial charge in [-0.15, -0.1) is 9.24 Å². The van der Waals surface area contributed by atoms with Crippen molar-refractivity contribution in [1.29, 1.82) is 0 Å². The summed E-state index contributed by atoms with van der Waals surface area (Å²) >= 11 is 0. The number of phenolic OH excluding ortho intramolecular Hbond substituents is 2. The van der Waals surface area contributed by atoms with Crippen LogP contribution in [0.15, 0.2) is 0 Å². The molecule has 1 atom stereocenters. The molecule has 1 rings (SSSR count). The SMILES string of the molecule is CCCCc1c(O)c(CCCC)c(CCCC)c(O)c1P. The van der Waals surface area contributed by atoms with Gasteiger partial charge in [-0.05, 0) is 38.5 Å². The van der Waals surface area contributed by atoms with Gasteiger partial charge in [-0.25, -0.2) is 0 Å². The number of aromatic hydroxyl groups is 2. The second kappa shape index (κ2) is 9.30. The maximum Gasteiger partial charge on any atom is 0.126 e. The topological polar surface area (TPSA) is 40.5 Å². The quantitative estimate of drug-likeness (QED) is 0.516. The molecule has 120 valence electrons. The predicted octanol–water partition coefficient (Wildman–Crippen LogP) is 4.63. The monoisotopic (exact) mass is 310 g/mol. The first-order valence-electron chi connectivity index (χ1n) is 8.42. The molecule has 0 radical (unpaired) electrons. The lowest BCUT2D eigenvalue weighted by atomic mass is 9.91. The van der Waals surface area contributed by atoms with E-state index in [4.69, 9.17) is 0 Å². The highest BCUT2D eigenvalue weighted by Gasteiger charge is 2.20. The molecule has 3 heteroatoms. The summed E-state index contributed by atoms with van der Waals surface area (Å²) in [6, 6.07) is 0. The molecule has 2 nitrogen and oxygen atoms in total. The predicted molar refractivity (Wildman–Crippen MR) is 95.0 cm³/mol. The molecule has 0 saturated carbocycles. The first-order valence-corrected chi connectivity index (χ1v) is 9.00. The highest BCUT2D eigenvalue weighted by Crippen LogP contribution is 2.36. The minimum atomic E-state index is 0.392. The summed E-state index contributed by atoms with van der Waals surface area (Å²) in [7, 11) is 2.63. The molecule has 0 aliphatic carbocycles. The Hall–Kier alpha value is -0.750. The molecule has 0 aliphatic heterocycles. The molecular weight excluding hydrogens is 279 g/mol. The molecule has 0 fully saturated rings. The van der Waals surface area contributed by atoms with Gasteiger partial charge in [0.05, 0.1) is 0 Å². The van der Waals surface area contributed by atoms with Crippen LogP contribution in [0, 0.1) is 0 Å². The second-order valence-electron chi connectivity index (χ2n) is 5.86. The molecule has 0 aliphatic rings. The zero-order chi connectivity index (χ0) is 15.8. The van der Waals surface area contributed by atoms with Gasteiger partial charge < -0.3 is 10.2 Å². The van der Waals surface area contributed by atoms with Crippen LogP contribution in [0.1, 0.15) is 76.0 Å². The first kappa shape index (κ1) is 18.3. The van der Waals surface area contributed by atoms with Gasteiger partial charge in [0.25, 0.3) is 0 Å². The van der Waals surface area contributed by atoms with Gasteiger partial charge in [0.15, 0.2) is 0 Å². The summed E-state index contributed by atoms with van der Waals surface area (Å²) in [4.78, 5) is 0. The molecule has 0 aromatic heterocycles. The van der Waals surface area contributed by atoms with Crippen molar-refractivity contribution in [3.05, 3.63) is 16.7 Å². The first-order chi connectivity index (χ1) is 10.1. The fraction of sp³-hybridized carbons (Fsp3) is 0.667. The minimum absolute atomic E-state index is 0.392. The van der Waals surface area contributed by atoms with Crippen molar-refractivity contribution in [2.24, 2.45) is 0 Å². The Morgan fingerprint density at radius 2 is 1.05 bits per heavy atom. The number of benzene rings is 1. The van der Waals surface area contributed by atoms with Crippen LogP contribution < -0.4 is 5.30 Å². The molecule has 1 aromatic rings. The van der Waals surface area contributed by atoms with Crippen LogP contribution in [0.5, 0.6) is 11.5 Å². The van der Waals surface area contributed by atoms with Crippen molar-refractivity contribution in [3.8, 4) is 11.5 Å². The van der Waals surface area contributed by atoms with Crippen molar-refractivity contribution in [2.75, 3.05) is 0 Å². The molecule has 21 heavy (non-hydrogen) atoms. The lowest BCUT2D eigenvalue weighted by Crippen LogP contribution is -2.10. The molecule has 1 unspecified atom stereocenters. The van der Waals surface area contributed by atoms with E-state index in [1.807, 2.05) is 0 Å². The van der Waals surface area contributed by atoms with Crippen LogP contribution in [0.25, 0.3) is 0 Å². The fourth-order valence-corrected chi connectivity index (χ4v) is 3.21. The third-order valence-electron chi connectivity index (χ3n) is 4.14. The molecule has 0 spiro atoms. The third kappa shape index (κ3) is 4.61. The zero-order valence-corrected chi connectivity index (χ0v) is 15.0. The molecule has 1 aromatic carbocycles. The summed E-state index contributed by atoms with van der Waals surface area (Å²) in [6.07, 6.45) is 8.96. The number of hydrogen-bond acceptors (Lipinski definition) is 2. The Balaban J connectivity index is 3.27. The molecule has 0 amide bonds. The standard InChI is InChI=1S/C18H31O2P/c1-4-7-10-13-14(11-8-5-2)17(20)18(21)15(16(13)19)12-9-6-3/h19-20H,4-12,21H2,1-3H3. The van der Waals surface area contributed by atoms with Crippen LogP contribution in [-0.4, -0.2) is 10.2 Å². The molecule has 0 heterocycles. The van der Waals surface area contributed by atoms with Gasteiger partial charge in [0, 0.05) is 22.0 Å².